The van der Waals surface area contributed by atoms with E-state index >= 15 is 0 Å². The third kappa shape index (κ3) is 5.68. The lowest BCUT2D eigenvalue weighted by Gasteiger charge is -2.22. The van der Waals surface area contributed by atoms with E-state index in [1.54, 1.807) is 0 Å². The van der Waals surface area contributed by atoms with E-state index in [4.69, 9.17) is 10.5 Å². The van der Waals surface area contributed by atoms with Gasteiger partial charge in [0.05, 0.1) is 6.42 Å². The fraction of sp³-hybridized carbons (Fsp3) is 0.316. The number of amides is 1. The molecule has 24 heavy (non-hydrogen) atoms. The van der Waals surface area contributed by atoms with Crippen LogP contribution in [-0.4, -0.2) is 23.8 Å². The van der Waals surface area contributed by atoms with Gasteiger partial charge in [-0.05, 0) is 30.2 Å². The fourth-order valence-electron chi connectivity index (χ4n) is 2.45. The van der Waals surface area contributed by atoms with E-state index in [2.05, 4.69) is 11.4 Å². The number of hydrogen-bond acceptors (Lipinski definition) is 4. The van der Waals surface area contributed by atoms with Gasteiger partial charge >= 0.3 is 0 Å². The van der Waals surface area contributed by atoms with Crippen LogP contribution in [0.3, 0.4) is 0 Å². The van der Waals surface area contributed by atoms with Crippen molar-refractivity contribution in [3.05, 3.63) is 65.2 Å². The Labute approximate surface area is 142 Å². The van der Waals surface area contributed by atoms with Crippen LogP contribution >= 0.6 is 0 Å². The maximum atomic E-state index is 11.3. The molecule has 0 radical (unpaired) electrons. The average molecular weight is 328 g/mol. The molecule has 2 rings (SSSR count). The molecule has 0 fully saturated rings. The molecule has 0 saturated heterocycles. The zero-order chi connectivity index (χ0) is 17.6. The second-order valence-corrected chi connectivity index (χ2v) is 6.05. The molecule has 2 aromatic carbocycles. The fourth-order valence-corrected chi connectivity index (χ4v) is 2.45. The molecule has 1 atom stereocenters. The number of nitrogens with two attached hydrogens (primary N) is 1. The Balaban J connectivity index is 1.91. The van der Waals surface area contributed by atoms with Gasteiger partial charge in [0, 0.05) is 13.5 Å². The van der Waals surface area contributed by atoms with Crippen LogP contribution in [0.25, 0.3) is 0 Å². The van der Waals surface area contributed by atoms with E-state index in [1.165, 1.54) is 12.6 Å². The van der Waals surface area contributed by atoms with E-state index in [-0.39, 0.29) is 18.7 Å². The number of hydrogen-bond donors (Lipinski definition) is 3. The minimum atomic E-state index is -1.57. The molecule has 0 saturated carbocycles. The summed E-state index contributed by atoms with van der Waals surface area (Å²) in [4.78, 5) is 11.3. The third-order valence-corrected chi connectivity index (χ3v) is 3.67. The van der Waals surface area contributed by atoms with E-state index in [1.807, 2.05) is 49.4 Å². The number of rotatable bonds is 7. The largest absolute Gasteiger partial charge is 0.489 e. The molecule has 2 aromatic rings. The van der Waals surface area contributed by atoms with Gasteiger partial charge in [0.25, 0.3) is 0 Å². The Hall–Kier alpha value is -2.37. The summed E-state index contributed by atoms with van der Waals surface area (Å²) in [6, 6.07) is 15.5. The first-order valence-electron chi connectivity index (χ1n) is 7.87. The van der Waals surface area contributed by atoms with Crippen LogP contribution in [0.15, 0.2) is 48.5 Å². The SMILES string of the molecule is CNC(=O)CC(N)(O)Cc1ccc(OCc2cccc(C)c2)cc1. The van der Waals surface area contributed by atoms with Crippen molar-refractivity contribution in [3.63, 3.8) is 0 Å². The summed E-state index contributed by atoms with van der Waals surface area (Å²) in [7, 11) is 1.51. The lowest BCUT2D eigenvalue weighted by molar-refractivity contribution is -0.125. The van der Waals surface area contributed by atoms with E-state index in [9.17, 15) is 9.90 Å². The molecule has 0 aliphatic rings. The summed E-state index contributed by atoms with van der Waals surface area (Å²) in [5.74, 6) is 0.449. The summed E-state index contributed by atoms with van der Waals surface area (Å²) in [5, 5.41) is 12.6. The Morgan fingerprint density at radius 2 is 1.92 bits per heavy atom. The first kappa shape index (κ1) is 18.0. The van der Waals surface area contributed by atoms with Gasteiger partial charge in [-0.1, -0.05) is 42.0 Å². The standard InChI is InChI=1S/C19H24N2O3/c1-14-4-3-5-16(10-14)13-24-17-8-6-15(7-9-17)11-19(20,23)12-18(22)21-2/h3-10,23H,11-13,20H2,1-2H3,(H,21,22). The van der Waals surface area contributed by atoms with Crippen molar-refractivity contribution in [2.75, 3.05) is 7.05 Å². The van der Waals surface area contributed by atoms with Gasteiger partial charge in [0.1, 0.15) is 18.1 Å². The van der Waals surface area contributed by atoms with Crippen LogP contribution in [0.4, 0.5) is 0 Å². The monoisotopic (exact) mass is 328 g/mol. The lowest BCUT2D eigenvalue weighted by atomic mass is 10.00. The minimum absolute atomic E-state index is 0.144. The summed E-state index contributed by atoms with van der Waals surface area (Å²) >= 11 is 0. The first-order valence-corrected chi connectivity index (χ1v) is 7.87. The van der Waals surface area contributed by atoms with Crippen molar-refractivity contribution in [2.24, 2.45) is 5.73 Å². The van der Waals surface area contributed by atoms with Gasteiger partial charge in [-0.3, -0.25) is 4.79 Å². The summed E-state index contributed by atoms with van der Waals surface area (Å²) < 4.78 is 5.76. The quantitative estimate of drug-likeness (QED) is 0.678. The minimum Gasteiger partial charge on any atom is -0.489 e. The molecule has 0 bridgehead atoms. The second-order valence-electron chi connectivity index (χ2n) is 6.05. The van der Waals surface area contributed by atoms with Gasteiger partial charge in [-0.25, -0.2) is 0 Å². The van der Waals surface area contributed by atoms with Crippen LogP contribution < -0.4 is 15.8 Å². The van der Waals surface area contributed by atoms with Crippen LogP contribution in [0.5, 0.6) is 5.75 Å². The second kappa shape index (κ2) is 7.95. The number of carbonyl (C=O) groups excluding carboxylic acids is 1. The van der Waals surface area contributed by atoms with Crippen molar-refractivity contribution in [2.45, 2.75) is 32.1 Å². The van der Waals surface area contributed by atoms with Gasteiger partial charge in [0.2, 0.25) is 5.91 Å². The Kier molecular flexibility index (Phi) is 5.95. The van der Waals surface area contributed by atoms with E-state index < -0.39 is 5.72 Å². The van der Waals surface area contributed by atoms with Crippen molar-refractivity contribution in [1.29, 1.82) is 0 Å². The van der Waals surface area contributed by atoms with Crippen molar-refractivity contribution < 1.29 is 14.6 Å². The highest BCUT2D eigenvalue weighted by molar-refractivity contribution is 5.76. The van der Waals surface area contributed by atoms with Crippen LogP contribution in [0, 0.1) is 6.92 Å². The average Bonchev–Trinajstić information content (AvgIpc) is 2.53. The summed E-state index contributed by atoms with van der Waals surface area (Å²) in [5.41, 5.74) is 7.36. The molecule has 5 nitrogen and oxygen atoms in total. The molecule has 128 valence electrons. The Bertz CT molecular complexity index is 681. The normalized spacial score (nSPS) is 13.2. The number of ether oxygens (including phenoxy) is 1. The number of benzene rings is 2. The molecule has 0 heterocycles. The molecular weight excluding hydrogens is 304 g/mol. The zero-order valence-corrected chi connectivity index (χ0v) is 14.1. The molecule has 0 spiro atoms. The molecule has 0 aromatic heterocycles. The Morgan fingerprint density at radius 3 is 2.54 bits per heavy atom. The van der Waals surface area contributed by atoms with Crippen molar-refractivity contribution in [1.82, 2.24) is 5.32 Å². The van der Waals surface area contributed by atoms with Crippen LogP contribution in [0.1, 0.15) is 23.1 Å². The Morgan fingerprint density at radius 1 is 1.21 bits per heavy atom. The molecule has 4 N–H and O–H groups in total. The van der Waals surface area contributed by atoms with Gasteiger partial charge in [-0.2, -0.15) is 0 Å². The first-order chi connectivity index (χ1) is 11.4. The smallest absolute Gasteiger partial charge is 0.224 e. The molecular formula is C19H24N2O3. The highest BCUT2D eigenvalue weighted by atomic mass is 16.5. The highest BCUT2D eigenvalue weighted by Crippen LogP contribution is 2.18. The van der Waals surface area contributed by atoms with E-state index in [0.29, 0.717) is 6.61 Å². The van der Waals surface area contributed by atoms with Crippen molar-refractivity contribution in [3.8, 4) is 5.75 Å². The summed E-state index contributed by atoms with van der Waals surface area (Å²) in [6.45, 7) is 2.55. The van der Waals surface area contributed by atoms with Gasteiger partial charge in [0.15, 0.2) is 0 Å². The topological polar surface area (TPSA) is 84.6 Å². The number of carbonyl (C=O) groups is 1. The molecule has 5 heteroatoms. The molecule has 0 aliphatic carbocycles. The van der Waals surface area contributed by atoms with Crippen LogP contribution in [0.2, 0.25) is 0 Å². The van der Waals surface area contributed by atoms with Crippen LogP contribution in [-0.2, 0) is 17.8 Å². The van der Waals surface area contributed by atoms with Gasteiger partial charge in [-0.15, -0.1) is 0 Å². The number of aryl methyl sites for hydroxylation is 1. The highest BCUT2D eigenvalue weighted by Gasteiger charge is 2.24. The number of aliphatic hydroxyl groups is 1. The van der Waals surface area contributed by atoms with E-state index in [0.717, 1.165) is 16.9 Å². The van der Waals surface area contributed by atoms with Crippen molar-refractivity contribution >= 4 is 5.91 Å². The molecule has 1 amide bonds. The lowest BCUT2D eigenvalue weighted by Crippen LogP contribution is -2.45. The summed E-state index contributed by atoms with van der Waals surface area (Å²) in [6.07, 6.45) is 0.0493. The number of nitrogens with one attached hydrogen (secondary N) is 1. The maximum absolute atomic E-state index is 11.3. The zero-order valence-electron chi connectivity index (χ0n) is 14.1. The maximum Gasteiger partial charge on any atom is 0.224 e. The van der Waals surface area contributed by atoms with Gasteiger partial charge < -0.3 is 20.9 Å². The predicted molar refractivity (Wildman–Crippen MR) is 93.5 cm³/mol. The molecule has 1 unspecified atom stereocenters. The third-order valence-electron chi connectivity index (χ3n) is 3.67. The molecule has 0 aliphatic heterocycles. The predicted octanol–water partition coefficient (Wildman–Crippen LogP) is 1.90.